The van der Waals surface area contributed by atoms with E-state index in [-0.39, 0.29) is 10.7 Å². The second-order valence-electron chi connectivity index (χ2n) is 4.39. The molecule has 0 bridgehead atoms. The fourth-order valence-corrected chi connectivity index (χ4v) is 3.28. The number of hydrogen-bond acceptors (Lipinski definition) is 5. The molecule has 0 aliphatic carbocycles. The fraction of sp³-hybridized carbons (Fsp3) is 0. The van der Waals surface area contributed by atoms with Crippen molar-refractivity contribution in [3.63, 3.8) is 0 Å². The Morgan fingerprint density at radius 3 is 2.48 bits per heavy atom. The van der Waals surface area contributed by atoms with Crippen LogP contribution in [0.2, 0.25) is 0 Å². The molecule has 106 valence electrons. The predicted octanol–water partition coefficient (Wildman–Crippen LogP) is 2.01. The van der Waals surface area contributed by atoms with E-state index in [0.717, 1.165) is 0 Å². The minimum absolute atomic E-state index is 0.151. The van der Waals surface area contributed by atoms with Gasteiger partial charge in [-0.25, -0.2) is 13.4 Å². The minimum Gasteiger partial charge on any atom is -0.398 e. The second-order valence-corrected chi connectivity index (χ2v) is 6.05. The van der Waals surface area contributed by atoms with Gasteiger partial charge in [0.25, 0.3) is 10.0 Å². The van der Waals surface area contributed by atoms with Crippen LogP contribution in [0.25, 0.3) is 10.8 Å². The van der Waals surface area contributed by atoms with Gasteiger partial charge in [-0.15, -0.1) is 0 Å². The highest BCUT2D eigenvalue weighted by Crippen LogP contribution is 2.28. The van der Waals surface area contributed by atoms with E-state index < -0.39 is 10.0 Å². The van der Waals surface area contributed by atoms with E-state index in [1.807, 2.05) is 6.07 Å². The van der Waals surface area contributed by atoms with E-state index in [2.05, 4.69) is 14.7 Å². The lowest BCUT2D eigenvalue weighted by molar-refractivity contribution is 0.602. The Balaban J connectivity index is 2.14. The molecule has 0 amide bonds. The topological polar surface area (TPSA) is 98.0 Å². The molecule has 1 aromatic heterocycles. The molecule has 0 aliphatic rings. The Kier molecular flexibility index (Phi) is 3.19. The summed E-state index contributed by atoms with van der Waals surface area (Å²) < 4.78 is 27.4. The van der Waals surface area contributed by atoms with Crippen LogP contribution in [-0.2, 0) is 10.0 Å². The van der Waals surface area contributed by atoms with Gasteiger partial charge < -0.3 is 5.73 Å². The third kappa shape index (κ3) is 2.50. The molecule has 0 aliphatic heterocycles. The summed E-state index contributed by atoms with van der Waals surface area (Å²) in [5.74, 6) is 0.165. The number of rotatable bonds is 3. The standard InChI is InChI=1S/C14H12N4O2S/c15-12-5-6-13(11-4-2-1-3-10(11)12)21(19,20)18-14-9-16-7-8-17-14/h1-9H,15H2,(H,17,18). The number of aromatic nitrogens is 2. The lowest BCUT2D eigenvalue weighted by atomic mass is 10.1. The molecule has 0 saturated heterocycles. The smallest absolute Gasteiger partial charge is 0.263 e. The molecule has 2 aromatic carbocycles. The van der Waals surface area contributed by atoms with Gasteiger partial charge in [-0.3, -0.25) is 9.71 Å². The number of nitrogens with one attached hydrogen (secondary N) is 1. The second kappa shape index (κ2) is 5.02. The molecule has 0 spiro atoms. The zero-order valence-electron chi connectivity index (χ0n) is 10.9. The number of benzene rings is 2. The van der Waals surface area contributed by atoms with Gasteiger partial charge in [0.2, 0.25) is 0 Å². The largest absolute Gasteiger partial charge is 0.398 e. The van der Waals surface area contributed by atoms with Crippen molar-refractivity contribution in [2.75, 3.05) is 10.5 Å². The summed E-state index contributed by atoms with van der Waals surface area (Å²) in [6.07, 6.45) is 4.23. The van der Waals surface area contributed by atoms with Crippen molar-refractivity contribution in [3.8, 4) is 0 Å². The van der Waals surface area contributed by atoms with Crippen LogP contribution in [0, 0.1) is 0 Å². The molecule has 3 N–H and O–H groups in total. The Morgan fingerprint density at radius 2 is 1.76 bits per heavy atom. The molecule has 0 radical (unpaired) electrons. The van der Waals surface area contributed by atoms with Crippen LogP contribution >= 0.6 is 0 Å². The van der Waals surface area contributed by atoms with Crippen LogP contribution in [0.3, 0.4) is 0 Å². The number of nitrogen functional groups attached to an aromatic ring is 1. The van der Waals surface area contributed by atoms with Crippen LogP contribution in [0.5, 0.6) is 0 Å². The molecule has 0 saturated carbocycles. The van der Waals surface area contributed by atoms with Crippen LogP contribution in [0.1, 0.15) is 0 Å². The SMILES string of the molecule is Nc1ccc(S(=O)(=O)Nc2cnccn2)c2ccccc12. The third-order valence-corrected chi connectivity index (χ3v) is 4.42. The molecule has 3 aromatic rings. The van der Waals surface area contributed by atoms with Crippen molar-refractivity contribution in [2.24, 2.45) is 0 Å². The van der Waals surface area contributed by atoms with E-state index in [4.69, 9.17) is 5.73 Å². The highest BCUT2D eigenvalue weighted by molar-refractivity contribution is 7.93. The number of sulfonamides is 1. The first kappa shape index (κ1) is 13.3. The highest BCUT2D eigenvalue weighted by Gasteiger charge is 2.18. The molecule has 0 unspecified atom stereocenters. The van der Waals surface area contributed by atoms with Gasteiger partial charge in [0.15, 0.2) is 5.82 Å². The van der Waals surface area contributed by atoms with Crippen LogP contribution in [0.15, 0.2) is 59.9 Å². The first-order valence-electron chi connectivity index (χ1n) is 6.14. The van der Waals surface area contributed by atoms with E-state index in [9.17, 15) is 8.42 Å². The first-order valence-corrected chi connectivity index (χ1v) is 7.62. The van der Waals surface area contributed by atoms with Crippen molar-refractivity contribution in [1.29, 1.82) is 0 Å². The van der Waals surface area contributed by atoms with Crippen molar-refractivity contribution in [2.45, 2.75) is 4.90 Å². The van der Waals surface area contributed by atoms with Crippen LogP contribution in [-0.4, -0.2) is 18.4 Å². The molecule has 21 heavy (non-hydrogen) atoms. The Bertz CT molecular complexity index is 895. The summed E-state index contributed by atoms with van der Waals surface area (Å²) in [4.78, 5) is 7.89. The summed E-state index contributed by atoms with van der Waals surface area (Å²) in [5.41, 5.74) is 6.41. The average molecular weight is 300 g/mol. The quantitative estimate of drug-likeness (QED) is 0.721. The average Bonchev–Trinajstić information content (AvgIpc) is 2.48. The highest BCUT2D eigenvalue weighted by atomic mass is 32.2. The number of fused-ring (bicyclic) bond motifs is 1. The molecular formula is C14H12N4O2S. The van der Waals surface area contributed by atoms with Gasteiger partial charge in [0.1, 0.15) is 0 Å². The lowest BCUT2D eigenvalue weighted by Crippen LogP contribution is -2.14. The fourth-order valence-electron chi connectivity index (χ4n) is 2.07. The number of nitrogens with zero attached hydrogens (tertiary/aromatic N) is 2. The number of anilines is 2. The molecule has 0 fully saturated rings. The van der Waals surface area contributed by atoms with Gasteiger partial charge in [0, 0.05) is 28.9 Å². The molecule has 6 nitrogen and oxygen atoms in total. The Hall–Kier alpha value is -2.67. The molecule has 3 rings (SSSR count). The Morgan fingerprint density at radius 1 is 1.00 bits per heavy atom. The first-order chi connectivity index (χ1) is 10.1. The van der Waals surface area contributed by atoms with Crippen molar-refractivity contribution in [1.82, 2.24) is 9.97 Å². The van der Waals surface area contributed by atoms with Gasteiger partial charge in [0.05, 0.1) is 11.1 Å². The summed E-state index contributed by atoms with van der Waals surface area (Å²) in [6, 6.07) is 10.1. The van der Waals surface area contributed by atoms with Gasteiger partial charge in [-0.05, 0) is 12.1 Å². The number of hydrogen-bond donors (Lipinski definition) is 2. The van der Waals surface area contributed by atoms with Crippen LogP contribution in [0.4, 0.5) is 11.5 Å². The van der Waals surface area contributed by atoms with Crippen molar-refractivity contribution < 1.29 is 8.42 Å². The van der Waals surface area contributed by atoms with E-state index in [1.54, 1.807) is 24.3 Å². The van der Waals surface area contributed by atoms with Crippen LogP contribution < -0.4 is 10.5 Å². The zero-order valence-corrected chi connectivity index (χ0v) is 11.7. The summed E-state index contributed by atoms with van der Waals surface area (Å²) in [6.45, 7) is 0. The summed E-state index contributed by atoms with van der Waals surface area (Å²) >= 11 is 0. The Labute approximate surface area is 121 Å². The van der Waals surface area contributed by atoms with Gasteiger partial charge >= 0.3 is 0 Å². The maximum absolute atomic E-state index is 12.5. The normalized spacial score (nSPS) is 11.4. The predicted molar refractivity (Wildman–Crippen MR) is 81.2 cm³/mol. The van der Waals surface area contributed by atoms with E-state index in [1.165, 1.54) is 24.7 Å². The minimum atomic E-state index is -3.76. The molecule has 7 heteroatoms. The lowest BCUT2D eigenvalue weighted by Gasteiger charge is -2.11. The van der Waals surface area contributed by atoms with Crippen molar-refractivity contribution >= 4 is 32.3 Å². The van der Waals surface area contributed by atoms with Gasteiger partial charge in [-0.2, -0.15) is 0 Å². The van der Waals surface area contributed by atoms with E-state index in [0.29, 0.717) is 16.5 Å². The van der Waals surface area contributed by atoms with Gasteiger partial charge in [-0.1, -0.05) is 24.3 Å². The molecule has 0 atom stereocenters. The molecule has 1 heterocycles. The monoisotopic (exact) mass is 300 g/mol. The van der Waals surface area contributed by atoms with Crippen molar-refractivity contribution in [3.05, 3.63) is 55.0 Å². The number of nitrogens with two attached hydrogens (primary N) is 1. The van der Waals surface area contributed by atoms with E-state index >= 15 is 0 Å². The molecular weight excluding hydrogens is 288 g/mol. The third-order valence-electron chi connectivity index (χ3n) is 3.01. The maximum atomic E-state index is 12.5. The summed E-state index contributed by atoms with van der Waals surface area (Å²) in [5, 5.41) is 1.26. The zero-order chi connectivity index (χ0) is 14.9. The maximum Gasteiger partial charge on any atom is 0.263 e. The summed E-state index contributed by atoms with van der Waals surface area (Å²) in [7, 11) is -3.76.